The number of nitrogens with zero attached hydrogens (tertiary/aromatic N) is 3. The van der Waals surface area contributed by atoms with Gasteiger partial charge in [0.1, 0.15) is 6.61 Å². The summed E-state index contributed by atoms with van der Waals surface area (Å²) in [5, 5.41) is 13.1. The van der Waals surface area contributed by atoms with Gasteiger partial charge < -0.3 is 4.74 Å². The second kappa shape index (κ2) is 9.72. The van der Waals surface area contributed by atoms with Gasteiger partial charge in [-0.15, -0.1) is 0 Å². The zero-order valence-electron chi connectivity index (χ0n) is 14.9. The molecule has 0 aromatic carbocycles. The van der Waals surface area contributed by atoms with Crippen molar-refractivity contribution in [3.8, 4) is 0 Å². The molecule has 8 heteroatoms. The third kappa shape index (κ3) is 5.40. The molecule has 142 valence electrons. The zero-order valence-corrected chi connectivity index (χ0v) is 14.9. The van der Waals surface area contributed by atoms with Crippen LogP contribution in [0.3, 0.4) is 0 Å². The molecule has 0 bridgehead atoms. The van der Waals surface area contributed by atoms with E-state index in [1.165, 1.54) is 17.1 Å². The second-order valence-electron chi connectivity index (χ2n) is 6.93. The van der Waals surface area contributed by atoms with Crippen LogP contribution in [0.5, 0.6) is 0 Å². The van der Waals surface area contributed by atoms with Crippen LogP contribution in [0.15, 0.2) is 0 Å². The number of hydrogen-bond acceptors (Lipinski definition) is 5. The molecule has 2 fully saturated rings. The molecule has 1 saturated heterocycles. The summed E-state index contributed by atoms with van der Waals surface area (Å²) in [4.78, 5) is 36.1. The standard InChI is InChI=1S/C17H29N3O5/c1-25-12-16(22)19-8-4-5-9-20(19)17(23)15(11-18(24)13-21)10-14-6-2-3-7-14/h13-15,24H,2-12H2,1H3/t15-/m1/s1. The van der Waals surface area contributed by atoms with E-state index in [2.05, 4.69) is 0 Å². The van der Waals surface area contributed by atoms with Crippen LogP contribution in [0.1, 0.15) is 44.9 Å². The second-order valence-corrected chi connectivity index (χ2v) is 6.93. The van der Waals surface area contributed by atoms with Crippen molar-refractivity contribution in [2.45, 2.75) is 44.9 Å². The molecule has 8 nitrogen and oxygen atoms in total. The quantitative estimate of drug-likeness (QED) is 0.399. The average Bonchev–Trinajstić information content (AvgIpc) is 3.13. The van der Waals surface area contributed by atoms with Gasteiger partial charge in [0.15, 0.2) is 0 Å². The minimum atomic E-state index is -0.505. The Balaban J connectivity index is 2.10. The van der Waals surface area contributed by atoms with Gasteiger partial charge in [-0.3, -0.25) is 24.6 Å². The number of carbonyl (C=O) groups excluding carboxylic acids is 3. The van der Waals surface area contributed by atoms with Crippen LogP contribution in [-0.2, 0) is 19.1 Å². The topological polar surface area (TPSA) is 90.4 Å². The molecule has 2 aliphatic rings. The fourth-order valence-corrected chi connectivity index (χ4v) is 3.83. The molecule has 0 aromatic rings. The highest BCUT2D eigenvalue weighted by molar-refractivity contribution is 5.84. The molecule has 1 heterocycles. The number of hydroxylamine groups is 2. The lowest BCUT2D eigenvalue weighted by Crippen LogP contribution is -2.56. The minimum absolute atomic E-state index is 0.0400. The molecule has 1 aliphatic heterocycles. The molecule has 1 aliphatic carbocycles. The van der Waals surface area contributed by atoms with Crippen molar-refractivity contribution in [1.29, 1.82) is 0 Å². The van der Waals surface area contributed by atoms with Crippen molar-refractivity contribution < 1.29 is 24.3 Å². The largest absolute Gasteiger partial charge is 0.375 e. The number of carbonyl (C=O) groups is 3. The Morgan fingerprint density at radius 2 is 1.84 bits per heavy atom. The van der Waals surface area contributed by atoms with Crippen LogP contribution in [0.2, 0.25) is 0 Å². The highest BCUT2D eigenvalue weighted by Gasteiger charge is 2.35. The van der Waals surface area contributed by atoms with Crippen molar-refractivity contribution in [1.82, 2.24) is 15.1 Å². The summed E-state index contributed by atoms with van der Waals surface area (Å²) >= 11 is 0. The van der Waals surface area contributed by atoms with E-state index in [-0.39, 0.29) is 25.0 Å². The first kappa shape index (κ1) is 19.7. The zero-order chi connectivity index (χ0) is 18.2. The number of methoxy groups -OCH3 is 1. The molecule has 1 saturated carbocycles. The summed E-state index contributed by atoms with van der Waals surface area (Å²) in [5.74, 6) is -0.514. The maximum Gasteiger partial charge on any atom is 0.267 e. The van der Waals surface area contributed by atoms with E-state index in [1.807, 2.05) is 0 Å². The molecule has 25 heavy (non-hydrogen) atoms. The normalized spacial score (nSPS) is 19.8. The molecule has 0 unspecified atom stereocenters. The van der Waals surface area contributed by atoms with Crippen LogP contribution < -0.4 is 0 Å². The summed E-state index contributed by atoms with van der Waals surface area (Å²) in [6.45, 7) is 0.849. The summed E-state index contributed by atoms with van der Waals surface area (Å²) in [7, 11) is 1.45. The SMILES string of the molecule is COCC(=O)N1CCCCN1C(=O)[C@H](CC1CCCC1)CN(O)C=O. The molecule has 0 spiro atoms. The predicted molar refractivity (Wildman–Crippen MR) is 89.2 cm³/mol. The molecule has 0 aromatic heterocycles. The van der Waals surface area contributed by atoms with Gasteiger partial charge in [-0.25, -0.2) is 10.1 Å². The third-order valence-corrected chi connectivity index (χ3v) is 5.06. The summed E-state index contributed by atoms with van der Waals surface area (Å²) in [5.41, 5.74) is 0. The number of rotatable bonds is 8. The van der Waals surface area contributed by atoms with Crippen LogP contribution in [-0.4, -0.2) is 71.9 Å². The van der Waals surface area contributed by atoms with Gasteiger partial charge in [-0.1, -0.05) is 25.7 Å². The highest BCUT2D eigenvalue weighted by atomic mass is 16.5. The smallest absolute Gasteiger partial charge is 0.267 e. The monoisotopic (exact) mass is 355 g/mol. The van der Waals surface area contributed by atoms with Crippen molar-refractivity contribution in [3.05, 3.63) is 0 Å². The van der Waals surface area contributed by atoms with E-state index in [1.54, 1.807) is 0 Å². The van der Waals surface area contributed by atoms with Gasteiger partial charge >= 0.3 is 0 Å². The van der Waals surface area contributed by atoms with Gasteiger partial charge in [-0.05, 0) is 25.2 Å². The molecule has 3 amide bonds. The molecule has 0 radical (unpaired) electrons. The average molecular weight is 355 g/mol. The summed E-state index contributed by atoms with van der Waals surface area (Å²) in [6, 6.07) is 0. The number of ether oxygens (including phenoxy) is 1. The molecule has 1 atom stereocenters. The summed E-state index contributed by atoms with van der Waals surface area (Å²) in [6.07, 6.45) is 7.08. The van der Waals surface area contributed by atoms with E-state index in [9.17, 15) is 19.6 Å². The Kier molecular flexibility index (Phi) is 7.64. The van der Waals surface area contributed by atoms with E-state index in [0.717, 1.165) is 38.5 Å². The van der Waals surface area contributed by atoms with Crippen LogP contribution in [0.4, 0.5) is 0 Å². The Morgan fingerprint density at radius 1 is 1.20 bits per heavy atom. The molecule has 2 rings (SSSR count). The first-order valence-electron chi connectivity index (χ1n) is 9.08. The number of hydrogen-bond donors (Lipinski definition) is 1. The lowest BCUT2D eigenvalue weighted by atomic mass is 9.92. The van der Waals surface area contributed by atoms with Crippen molar-refractivity contribution in [2.24, 2.45) is 11.8 Å². The fraction of sp³-hybridized carbons (Fsp3) is 0.824. The van der Waals surface area contributed by atoms with Gasteiger partial charge in [0.2, 0.25) is 12.3 Å². The maximum absolute atomic E-state index is 13.1. The third-order valence-electron chi connectivity index (χ3n) is 5.06. The summed E-state index contributed by atoms with van der Waals surface area (Å²) < 4.78 is 4.91. The highest BCUT2D eigenvalue weighted by Crippen LogP contribution is 2.31. The van der Waals surface area contributed by atoms with Gasteiger partial charge in [0.25, 0.3) is 5.91 Å². The Bertz CT molecular complexity index is 467. The fourth-order valence-electron chi connectivity index (χ4n) is 3.83. The van der Waals surface area contributed by atoms with Crippen LogP contribution in [0, 0.1) is 11.8 Å². The number of hydrazine groups is 1. The maximum atomic E-state index is 13.1. The van der Waals surface area contributed by atoms with E-state index in [4.69, 9.17) is 4.74 Å². The first-order valence-corrected chi connectivity index (χ1v) is 9.08. The van der Waals surface area contributed by atoms with Crippen LogP contribution >= 0.6 is 0 Å². The van der Waals surface area contributed by atoms with E-state index < -0.39 is 5.92 Å². The molecular weight excluding hydrogens is 326 g/mol. The predicted octanol–water partition coefficient (Wildman–Crippen LogP) is 1.04. The van der Waals surface area contributed by atoms with Crippen molar-refractivity contribution >= 4 is 18.2 Å². The number of amides is 3. The van der Waals surface area contributed by atoms with E-state index >= 15 is 0 Å². The first-order chi connectivity index (χ1) is 12.1. The lowest BCUT2D eigenvalue weighted by Gasteiger charge is -2.40. The van der Waals surface area contributed by atoms with Crippen LogP contribution in [0.25, 0.3) is 0 Å². The van der Waals surface area contributed by atoms with Gasteiger partial charge in [-0.2, -0.15) is 0 Å². The Hall–Kier alpha value is -1.67. The van der Waals surface area contributed by atoms with Crippen molar-refractivity contribution in [3.63, 3.8) is 0 Å². The lowest BCUT2D eigenvalue weighted by molar-refractivity contribution is -0.177. The Labute approximate surface area is 148 Å². The molecule has 1 N–H and O–H groups in total. The molecular formula is C17H29N3O5. The Morgan fingerprint density at radius 3 is 2.44 bits per heavy atom. The van der Waals surface area contributed by atoms with Crippen molar-refractivity contribution in [2.75, 3.05) is 33.4 Å². The van der Waals surface area contributed by atoms with Gasteiger partial charge in [0, 0.05) is 20.2 Å². The minimum Gasteiger partial charge on any atom is -0.375 e. The van der Waals surface area contributed by atoms with Gasteiger partial charge in [0.05, 0.1) is 12.5 Å². The van der Waals surface area contributed by atoms with E-state index in [0.29, 0.717) is 36.9 Å².